The zero-order valence-electron chi connectivity index (χ0n) is 11.1. The minimum Gasteiger partial charge on any atom is -0.444 e. The largest absolute Gasteiger partial charge is 0.444 e. The van der Waals surface area contributed by atoms with E-state index in [0.717, 1.165) is 16.4 Å². The molecule has 98 valence electrons. The molecular weight excluding hydrogens is 258 g/mol. The van der Waals surface area contributed by atoms with Gasteiger partial charge in [0, 0.05) is 0 Å². The van der Waals surface area contributed by atoms with Gasteiger partial charge in [-0.15, -0.1) is 0 Å². The second kappa shape index (κ2) is 4.66. The Morgan fingerprint density at radius 2 is 2.16 bits per heavy atom. The molecule has 1 aromatic carbocycles. The molecule has 0 aliphatic heterocycles. The third-order valence-electron chi connectivity index (χ3n) is 2.89. The van der Waals surface area contributed by atoms with Crippen molar-refractivity contribution >= 4 is 26.7 Å². The summed E-state index contributed by atoms with van der Waals surface area (Å²) in [6, 6.07) is 6.31. The van der Waals surface area contributed by atoms with Crippen LogP contribution < -0.4 is 5.32 Å². The number of thiazole rings is 1. The van der Waals surface area contributed by atoms with Gasteiger partial charge in [0.05, 0.1) is 16.4 Å². The molecule has 0 saturated heterocycles. The highest BCUT2D eigenvalue weighted by Crippen LogP contribution is 2.29. The molecule has 0 bridgehead atoms. The molecule has 0 aliphatic rings. The molecule has 0 fully saturated rings. The Kier molecular flexibility index (Phi) is 2.98. The smallest absolute Gasteiger partial charge is 0.216 e. The Labute approximate surface area is 115 Å². The van der Waals surface area contributed by atoms with Crippen molar-refractivity contribution in [3.05, 3.63) is 41.6 Å². The Hall–Kier alpha value is -1.88. The molecule has 2 heterocycles. The number of anilines is 1. The average molecular weight is 273 g/mol. The lowest BCUT2D eigenvalue weighted by molar-refractivity contribution is 0.453. The molecule has 2 aromatic heterocycles. The van der Waals surface area contributed by atoms with Crippen LogP contribution in [0.4, 0.5) is 5.13 Å². The van der Waals surface area contributed by atoms with E-state index in [1.54, 1.807) is 17.5 Å². The summed E-state index contributed by atoms with van der Waals surface area (Å²) in [5.74, 6) is 1.51. The maximum atomic E-state index is 5.51. The zero-order chi connectivity index (χ0) is 13.4. The van der Waals surface area contributed by atoms with Crippen molar-refractivity contribution < 1.29 is 4.42 Å². The van der Waals surface area contributed by atoms with E-state index in [4.69, 9.17) is 4.42 Å². The highest BCUT2D eigenvalue weighted by atomic mass is 32.1. The number of aromatic nitrogens is 2. The Bertz CT molecular complexity index is 716. The quantitative estimate of drug-likeness (QED) is 0.781. The molecule has 1 atom stereocenters. The lowest BCUT2D eigenvalue weighted by atomic mass is 10.2. The van der Waals surface area contributed by atoms with E-state index in [-0.39, 0.29) is 6.04 Å². The van der Waals surface area contributed by atoms with Crippen molar-refractivity contribution in [1.29, 1.82) is 0 Å². The van der Waals surface area contributed by atoms with Crippen LogP contribution in [0.2, 0.25) is 0 Å². The van der Waals surface area contributed by atoms with Crippen LogP contribution in [0.3, 0.4) is 0 Å². The maximum Gasteiger partial charge on any atom is 0.216 e. The van der Waals surface area contributed by atoms with Crippen LogP contribution >= 0.6 is 11.3 Å². The summed E-state index contributed by atoms with van der Waals surface area (Å²) in [6.45, 7) is 5.98. The molecular formula is C14H15N3OS. The fraction of sp³-hybridized carbons (Fsp3) is 0.286. The van der Waals surface area contributed by atoms with E-state index in [1.807, 2.05) is 13.8 Å². The van der Waals surface area contributed by atoms with E-state index < -0.39 is 0 Å². The van der Waals surface area contributed by atoms with Gasteiger partial charge in [-0.3, -0.25) is 0 Å². The Morgan fingerprint density at radius 3 is 2.89 bits per heavy atom. The first-order valence-electron chi connectivity index (χ1n) is 6.18. The summed E-state index contributed by atoms with van der Waals surface area (Å²) < 4.78 is 6.70. The topological polar surface area (TPSA) is 51.0 Å². The maximum absolute atomic E-state index is 5.51. The van der Waals surface area contributed by atoms with Gasteiger partial charge in [0.2, 0.25) is 5.89 Å². The van der Waals surface area contributed by atoms with Crippen LogP contribution in [0.1, 0.15) is 30.2 Å². The van der Waals surface area contributed by atoms with Gasteiger partial charge < -0.3 is 9.73 Å². The second-order valence-corrected chi connectivity index (χ2v) is 5.70. The van der Waals surface area contributed by atoms with Crippen molar-refractivity contribution in [2.45, 2.75) is 26.8 Å². The molecule has 0 amide bonds. The van der Waals surface area contributed by atoms with Crippen LogP contribution in [0.25, 0.3) is 10.2 Å². The number of oxazole rings is 1. The lowest BCUT2D eigenvalue weighted by Crippen LogP contribution is -2.06. The molecule has 0 saturated carbocycles. The standard InChI is InChI=1S/C14H15N3OS/c1-8-4-5-12-11(6-8)17-14(19-12)16-10(3)13-15-7-9(2)18-13/h4-7,10H,1-3H3,(H,16,17). The molecule has 0 aliphatic carbocycles. The van der Waals surface area contributed by atoms with E-state index in [2.05, 4.69) is 40.4 Å². The lowest BCUT2D eigenvalue weighted by Gasteiger charge is -2.07. The van der Waals surface area contributed by atoms with Crippen molar-refractivity contribution in [3.63, 3.8) is 0 Å². The predicted molar refractivity (Wildman–Crippen MR) is 77.6 cm³/mol. The summed E-state index contributed by atoms with van der Waals surface area (Å²) in [4.78, 5) is 8.81. The monoisotopic (exact) mass is 273 g/mol. The molecule has 0 spiro atoms. The molecule has 5 heteroatoms. The van der Waals surface area contributed by atoms with Gasteiger partial charge in [-0.1, -0.05) is 17.4 Å². The average Bonchev–Trinajstić information content (AvgIpc) is 2.94. The Balaban J connectivity index is 1.85. The van der Waals surface area contributed by atoms with Gasteiger partial charge in [0.1, 0.15) is 11.8 Å². The third kappa shape index (κ3) is 2.46. The van der Waals surface area contributed by atoms with Gasteiger partial charge in [0.25, 0.3) is 0 Å². The van der Waals surface area contributed by atoms with Gasteiger partial charge >= 0.3 is 0 Å². The fourth-order valence-electron chi connectivity index (χ4n) is 1.92. The predicted octanol–water partition coefficient (Wildman–Crippen LogP) is 4.07. The molecule has 3 aromatic rings. The first kappa shape index (κ1) is 12.2. The Morgan fingerprint density at radius 1 is 1.32 bits per heavy atom. The van der Waals surface area contributed by atoms with Crippen molar-refractivity contribution in [1.82, 2.24) is 9.97 Å². The first-order valence-corrected chi connectivity index (χ1v) is 6.99. The molecule has 1 unspecified atom stereocenters. The van der Waals surface area contributed by atoms with E-state index >= 15 is 0 Å². The highest BCUT2D eigenvalue weighted by molar-refractivity contribution is 7.22. The molecule has 1 N–H and O–H groups in total. The number of rotatable bonds is 3. The number of hydrogen-bond donors (Lipinski definition) is 1. The number of benzene rings is 1. The van der Waals surface area contributed by atoms with Gasteiger partial charge in [-0.2, -0.15) is 0 Å². The molecule has 4 nitrogen and oxygen atoms in total. The number of hydrogen-bond acceptors (Lipinski definition) is 5. The number of fused-ring (bicyclic) bond motifs is 1. The summed E-state index contributed by atoms with van der Waals surface area (Å²) in [6.07, 6.45) is 1.73. The summed E-state index contributed by atoms with van der Waals surface area (Å²) >= 11 is 1.64. The summed E-state index contributed by atoms with van der Waals surface area (Å²) in [5.41, 5.74) is 2.25. The number of nitrogens with zero attached hydrogens (tertiary/aromatic N) is 2. The van der Waals surface area contributed by atoms with Crippen LogP contribution in [-0.4, -0.2) is 9.97 Å². The van der Waals surface area contributed by atoms with E-state index in [9.17, 15) is 0 Å². The first-order chi connectivity index (χ1) is 9.11. The van der Waals surface area contributed by atoms with E-state index in [1.165, 1.54) is 10.3 Å². The van der Waals surface area contributed by atoms with Crippen LogP contribution in [0.5, 0.6) is 0 Å². The number of aryl methyl sites for hydroxylation is 2. The zero-order valence-corrected chi connectivity index (χ0v) is 11.9. The molecule has 3 rings (SSSR count). The molecule has 19 heavy (non-hydrogen) atoms. The summed E-state index contributed by atoms with van der Waals surface area (Å²) in [5, 5.41) is 4.22. The SMILES string of the molecule is Cc1ccc2sc(NC(C)c3ncc(C)o3)nc2c1. The normalized spacial score (nSPS) is 12.8. The second-order valence-electron chi connectivity index (χ2n) is 4.67. The summed E-state index contributed by atoms with van der Waals surface area (Å²) in [7, 11) is 0. The minimum atomic E-state index is 0.00959. The minimum absolute atomic E-state index is 0.00959. The highest BCUT2D eigenvalue weighted by Gasteiger charge is 2.13. The van der Waals surface area contributed by atoms with E-state index in [0.29, 0.717) is 5.89 Å². The van der Waals surface area contributed by atoms with Gasteiger partial charge in [-0.05, 0) is 38.5 Å². The van der Waals surface area contributed by atoms with Crippen LogP contribution in [0, 0.1) is 13.8 Å². The van der Waals surface area contributed by atoms with Gasteiger partial charge in [0.15, 0.2) is 5.13 Å². The van der Waals surface area contributed by atoms with Crippen LogP contribution in [-0.2, 0) is 0 Å². The van der Waals surface area contributed by atoms with Crippen molar-refractivity contribution in [2.24, 2.45) is 0 Å². The molecule has 0 radical (unpaired) electrons. The van der Waals surface area contributed by atoms with Gasteiger partial charge in [-0.25, -0.2) is 9.97 Å². The third-order valence-corrected chi connectivity index (χ3v) is 3.86. The fourth-order valence-corrected chi connectivity index (χ4v) is 2.85. The van der Waals surface area contributed by atoms with Crippen LogP contribution in [0.15, 0.2) is 28.8 Å². The number of nitrogens with one attached hydrogen (secondary N) is 1. The van der Waals surface area contributed by atoms with Crippen molar-refractivity contribution in [2.75, 3.05) is 5.32 Å². The van der Waals surface area contributed by atoms with Crippen molar-refractivity contribution in [3.8, 4) is 0 Å².